The Kier molecular flexibility index (Phi) is 5.47. The summed E-state index contributed by atoms with van der Waals surface area (Å²) in [5, 5.41) is 5.92. The molecule has 0 aliphatic heterocycles. The smallest absolute Gasteiger partial charge is 0.291 e. The molecule has 7 heteroatoms. The van der Waals surface area contributed by atoms with Gasteiger partial charge in [-0.2, -0.15) is 0 Å². The van der Waals surface area contributed by atoms with E-state index in [0.717, 1.165) is 0 Å². The molecule has 2 amide bonds. The van der Waals surface area contributed by atoms with Crippen LogP contribution < -0.4 is 15.4 Å². The van der Waals surface area contributed by atoms with E-state index in [1.165, 1.54) is 14.0 Å². The van der Waals surface area contributed by atoms with E-state index in [1.807, 2.05) is 18.2 Å². The normalized spacial score (nSPS) is 10.3. The number of hydrogen-bond acceptors (Lipinski definition) is 4. The second kappa shape index (κ2) is 7.97. The Balaban J connectivity index is 1.84. The number of halogens is 1. The van der Waals surface area contributed by atoms with Crippen molar-refractivity contribution in [2.45, 2.75) is 6.92 Å². The largest absolute Gasteiger partial charge is 0.495 e. The summed E-state index contributed by atoms with van der Waals surface area (Å²) in [6, 6.07) is 15.4. The van der Waals surface area contributed by atoms with Gasteiger partial charge < -0.3 is 19.8 Å². The first-order valence-electron chi connectivity index (χ1n) is 8.09. The molecule has 3 rings (SSSR count). The van der Waals surface area contributed by atoms with Crippen molar-refractivity contribution in [3.05, 3.63) is 65.4 Å². The molecule has 0 fully saturated rings. The van der Waals surface area contributed by atoms with Crippen molar-refractivity contribution in [3.63, 3.8) is 0 Å². The summed E-state index contributed by atoms with van der Waals surface area (Å²) in [5.41, 5.74) is 1.64. The lowest BCUT2D eigenvalue weighted by Crippen LogP contribution is -2.12. The van der Waals surface area contributed by atoms with Gasteiger partial charge in [-0.15, -0.1) is 0 Å². The number of rotatable bonds is 5. The molecule has 1 aromatic heterocycles. The van der Waals surface area contributed by atoms with Gasteiger partial charge in [0.1, 0.15) is 11.5 Å². The van der Waals surface area contributed by atoms with E-state index in [2.05, 4.69) is 10.6 Å². The Hall–Kier alpha value is -3.25. The average molecular weight is 385 g/mol. The summed E-state index contributed by atoms with van der Waals surface area (Å²) < 4.78 is 10.9. The lowest BCUT2D eigenvalue weighted by molar-refractivity contribution is -0.114. The molecular formula is C20H17ClN2O4. The zero-order valence-electron chi connectivity index (χ0n) is 14.7. The number of hydrogen-bond donors (Lipinski definition) is 2. The van der Waals surface area contributed by atoms with Crippen molar-refractivity contribution >= 4 is 34.8 Å². The van der Waals surface area contributed by atoms with Gasteiger partial charge in [-0.1, -0.05) is 23.7 Å². The van der Waals surface area contributed by atoms with Crippen LogP contribution in [0.25, 0.3) is 11.3 Å². The third kappa shape index (κ3) is 4.30. The third-order valence-electron chi connectivity index (χ3n) is 3.74. The number of amides is 2. The van der Waals surface area contributed by atoms with Crippen LogP contribution in [0.5, 0.6) is 5.75 Å². The maximum Gasteiger partial charge on any atom is 0.291 e. The van der Waals surface area contributed by atoms with E-state index in [0.29, 0.717) is 33.5 Å². The van der Waals surface area contributed by atoms with Crippen LogP contribution in [0.1, 0.15) is 17.5 Å². The number of benzene rings is 2. The number of methoxy groups -OCH3 is 1. The van der Waals surface area contributed by atoms with Crippen LogP contribution in [0.4, 0.5) is 11.4 Å². The highest BCUT2D eigenvalue weighted by molar-refractivity contribution is 6.33. The predicted molar refractivity (Wildman–Crippen MR) is 104 cm³/mol. The second-order valence-corrected chi connectivity index (χ2v) is 6.10. The van der Waals surface area contributed by atoms with Crippen LogP contribution in [0.2, 0.25) is 5.02 Å². The minimum Gasteiger partial charge on any atom is -0.495 e. The maximum absolute atomic E-state index is 12.6. The molecule has 0 aliphatic carbocycles. The number of nitrogens with one attached hydrogen (secondary N) is 2. The van der Waals surface area contributed by atoms with E-state index in [9.17, 15) is 9.59 Å². The molecule has 0 aliphatic rings. The SMILES string of the molecule is COc1ccc(NC(C)=O)cc1NC(=O)c1ccc(-c2ccccc2Cl)o1. The third-order valence-corrected chi connectivity index (χ3v) is 4.07. The fourth-order valence-electron chi connectivity index (χ4n) is 2.54. The first-order chi connectivity index (χ1) is 13.0. The fourth-order valence-corrected chi connectivity index (χ4v) is 2.77. The van der Waals surface area contributed by atoms with Crippen LogP contribution in [0.3, 0.4) is 0 Å². The summed E-state index contributed by atoms with van der Waals surface area (Å²) in [5.74, 6) is 0.399. The Labute approximate surface area is 161 Å². The molecule has 3 aromatic rings. The first-order valence-corrected chi connectivity index (χ1v) is 8.47. The molecule has 0 saturated heterocycles. The molecule has 1 heterocycles. The molecule has 2 aromatic carbocycles. The van der Waals surface area contributed by atoms with Crippen LogP contribution >= 0.6 is 11.6 Å². The summed E-state index contributed by atoms with van der Waals surface area (Å²) in [6.45, 7) is 1.40. The van der Waals surface area contributed by atoms with Gasteiger partial charge in [0, 0.05) is 18.2 Å². The monoisotopic (exact) mass is 384 g/mol. The van der Waals surface area contributed by atoms with Crippen molar-refractivity contribution < 1.29 is 18.7 Å². The standard InChI is InChI=1S/C20H17ClN2O4/c1-12(24)22-13-7-8-18(26-2)16(11-13)23-20(25)19-10-9-17(27-19)14-5-3-4-6-15(14)21/h3-11H,1-2H3,(H,22,24)(H,23,25). The van der Waals surface area contributed by atoms with Crippen molar-refractivity contribution in [2.75, 3.05) is 17.7 Å². The highest BCUT2D eigenvalue weighted by Gasteiger charge is 2.16. The summed E-state index contributed by atoms with van der Waals surface area (Å²) in [4.78, 5) is 23.8. The molecule has 138 valence electrons. The van der Waals surface area contributed by atoms with Crippen molar-refractivity contribution in [1.82, 2.24) is 0 Å². The van der Waals surface area contributed by atoms with E-state index in [1.54, 1.807) is 36.4 Å². The Morgan fingerprint density at radius 1 is 1.04 bits per heavy atom. The average Bonchev–Trinajstić information content (AvgIpc) is 3.12. The lowest BCUT2D eigenvalue weighted by atomic mass is 10.2. The van der Waals surface area contributed by atoms with Gasteiger partial charge in [-0.25, -0.2) is 0 Å². The minimum atomic E-state index is -0.452. The van der Waals surface area contributed by atoms with Gasteiger partial charge in [0.05, 0.1) is 17.8 Å². The molecule has 27 heavy (non-hydrogen) atoms. The van der Waals surface area contributed by atoms with Gasteiger partial charge in [-0.05, 0) is 42.5 Å². The van der Waals surface area contributed by atoms with Gasteiger partial charge in [-0.3, -0.25) is 9.59 Å². The van der Waals surface area contributed by atoms with Crippen LogP contribution in [-0.4, -0.2) is 18.9 Å². The van der Waals surface area contributed by atoms with E-state index in [4.69, 9.17) is 20.8 Å². The quantitative estimate of drug-likeness (QED) is 0.660. The molecule has 0 unspecified atom stereocenters. The van der Waals surface area contributed by atoms with Gasteiger partial charge in [0.15, 0.2) is 5.76 Å². The second-order valence-electron chi connectivity index (χ2n) is 5.69. The number of anilines is 2. The summed E-state index contributed by atoms with van der Waals surface area (Å²) in [7, 11) is 1.49. The Morgan fingerprint density at radius 2 is 1.81 bits per heavy atom. The number of carbonyl (C=O) groups is 2. The van der Waals surface area contributed by atoms with Crippen LogP contribution in [0, 0.1) is 0 Å². The van der Waals surface area contributed by atoms with Crippen molar-refractivity contribution in [2.24, 2.45) is 0 Å². The number of ether oxygens (including phenoxy) is 1. The summed E-state index contributed by atoms with van der Waals surface area (Å²) >= 11 is 6.16. The van der Waals surface area contributed by atoms with E-state index < -0.39 is 5.91 Å². The highest BCUT2D eigenvalue weighted by Crippen LogP contribution is 2.31. The Bertz CT molecular complexity index is 997. The lowest BCUT2D eigenvalue weighted by Gasteiger charge is -2.11. The number of carbonyl (C=O) groups excluding carboxylic acids is 2. The van der Waals surface area contributed by atoms with Crippen molar-refractivity contribution in [1.29, 1.82) is 0 Å². The van der Waals surface area contributed by atoms with E-state index in [-0.39, 0.29) is 11.7 Å². The maximum atomic E-state index is 12.6. The number of furan rings is 1. The van der Waals surface area contributed by atoms with Crippen LogP contribution in [0.15, 0.2) is 59.0 Å². The zero-order chi connectivity index (χ0) is 19.4. The molecule has 0 atom stereocenters. The summed E-state index contributed by atoms with van der Waals surface area (Å²) in [6.07, 6.45) is 0. The van der Waals surface area contributed by atoms with Gasteiger partial charge >= 0.3 is 0 Å². The minimum absolute atomic E-state index is 0.122. The molecule has 0 spiro atoms. The molecule has 6 nitrogen and oxygen atoms in total. The predicted octanol–water partition coefficient (Wildman–Crippen LogP) is 4.82. The Morgan fingerprint density at radius 3 is 2.52 bits per heavy atom. The fraction of sp³-hybridized carbons (Fsp3) is 0.100. The molecule has 0 saturated carbocycles. The highest BCUT2D eigenvalue weighted by atomic mass is 35.5. The van der Waals surface area contributed by atoms with Gasteiger partial charge in [0.25, 0.3) is 5.91 Å². The first kappa shape index (κ1) is 18.5. The molecule has 2 N–H and O–H groups in total. The topological polar surface area (TPSA) is 80.6 Å². The van der Waals surface area contributed by atoms with E-state index >= 15 is 0 Å². The zero-order valence-corrected chi connectivity index (χ0v) is 15.5. The van der Waals surface area contributed by atoms with Crippen LogP contribution in [-0.2, 0) is 4.79 Å². The molecule has 0 bridgehead atoms. The van der Waals surface area contributed by atoms with Gasteiger partial charge in [0.2, 0.25) is 5.91 Å². The molecular weight excluding hydrogens is 368 g/mol. The van der Waals surface area contributed by atoms with Crippen molar-refractivity contribution in [3.8, 4) is 17.1 Å². The molecule has 0 radical (unpaired) electrons.